The molecule has 3 unspecified atom stereocenters. The van der Waals surface area contributed by atoms with E-state index in [4.69, 9.17) is 4.18 Å². The Hall–Kier alpha value is 0.710. The Morgan fingerprint density at radius 3 is 2.36 bits per heavy atom. The van der Waals surface area contributed by atoms with Crippen LogP contribution in [0.4, 0.5) is 0 Å². The monoisotopic (exact) mass is 588 g/mol. The van der Waals surface area contributed by atoms with Gasteiger partial charge in [-0.25, -0.2) is 0 Å². The zero-order valence-corrected chi connectivity index (χ0v) is 25.3. The van der Waals surface area contributed by atoms with Crippen molar-refractivity contribution < 1.29 is 8.98 Å². The molecule has 0 amide bonds. The molecule has 10 atom stereocenters. The minimum absolute atomic E-state index is 0.125. The quantitative estimate of drug-likeness (QED) is 0.176. The average Bonchev–Trinajstić information content (AvgIpc) is 3.10. The van der Waals surface area contributed by atoms with Crippen LogP contribution < -0.4 is 0 Å². The van der Waals surface area contributed by atoms with Gasteiger partial charge in [0.15, 0.2) is 0 Å². The third kappa shape index (κ3) is 4.74. The molecule has 0 aromatic carbocycles. The summed E-state index contributed by atoms with van der Waals surface area (Å²) in [6.07, 6.45) is 11.4. The maximum atomic E-state index is 14.3. The first-order valence-electron chi connectivity index (χ1n) is 13.9. The number of fused-ring (bicyclic) bond motifs is 5. The van der Waals surface area contributed by atoms with Crippen LogP contribution in [0.25, 0.3) is 0 Å². The average molecular weight is 589 g/mol. The summed E-state index contributed by atoms with van der Waals surface area (Å²) in [7, 11) is 0. The Balaban J connectivity index is 1.58. The van der Waals surface area contributed by atoms with Crippen molar-refractivity contribution in [2.45, 2.75) is 117 Å². The van der Waals surface area contributed by atoms with Crippen LogP contribution in [0.15, 0.2) is 0 Å². The van der Waals surface area contributed by atoms with E-state index in [9.17, 15) is 4.79 Å². The summed E-state index contributed by atoms with van der Waals surface area (Å²) in [6.45, 7) is 16.6. The van der Waals surface area contributed by atoms with E-state index in [-0.39, 0.29) is 10.7 Å². The van der Waals surface area contributed by atoms with Gasteiger partial charge in [0.05, 0.1) is 6.10 Å². The van der Waals surface area contributed by atoms with Gasteiger partial charge in [0, 0.05) is 16.6 Å². The molecule has 0 heterocycles. The molecular formula is C29H49IO2S. The number of alkyl halides is 1. The lowest BCUT2D eigenvalue weighted by Crippen LogP contribution is -2.60. The normalized spacial score (nSPS) is 46.4. The number of hydrogen-bond acceptors (Lipinski definition) is 3. The molecule has 2 nitrogen and oxygen atoms in total. The van der Waals surface area contributed by atoms with Crippen molar-refractivity contribution in [1.29, 1.82) is 0 Å². The summed E-state index contributed by atoms with van der Waals surface area (Å²) in [4.78, 5) is 14.3. The van der Waals surface area contributed by atoms with E-state index in [1.54, 1.807) is 12.0 Å². The molecule has 0 spiro atoms. The van der Waals surface area contributed by atoms with Gasteiger partial charge in [0.2, 0.25) is 0 Å². The van der Waals surface area contributed by atoms with Crippen molar-refractivity contribution in [2.75, 3.05) is 4.43 Å². The van der Waals surface area contributed by atoms with Gasteiger partial charge in [0.25, 0.3) is 0 Å². The maximum Gasteiger partial charge on any atom is 0.139 e. The molecule has 0 aliphatic heterocycles. The van der Waals surface area contributed by atoms with Crippen LogP contribution in [-0.4, -0.2) is 21.1 Å². The molecule has 4 aliphatic rings. The molecule has 0 saturated heterocycles. The zero-order chi connectivity index (χ0) is 24.2. The molecule has 190 valence electrons. The van der Waals surface area contributed by atoms with Crippen LogP contribution in [0.3, 0.4) is 0 Å². The Bertz CT molecular complexity index is 719. The number of rotatable bonds is 6. The SMILES string of the molecule is CC[C@H]1C(=O)C2C3CC[C@H]([C@H](C)CCI)[C@@]3(C)CCC2[C@@]2(C)CC[C@@H](OSC(C)(C)C)C[C@@H]12. The van der Waals surface area contributed by atoms with Crippen molar-refractivity contribution in [3.8, 4) is 0 Å². The Morgan fingerprint density at radius 1 is 1.06 bits per heavy atom. The van der Waals surface area contributed by atoms with Gasteiger partial charge >= 0.3 is 0 Å². The molecule has 33 heavy (non-hydrogen) atoms. The predicted octanol–water partition coefficient (Wildman–Crippen LogP) is 8.75. The predicted molar refractivity (Wildman–Crippen MR) is 150 cm³/mol. The molecule has 4 aliphatic carbocycles. The third-order valence-electron chi connectivity index (χ3n) is 10.9. The van der Waals surface area contributed by atoms with Crippen molar-refractivity contribution in [3.63, 3.8) is 0 Å². The van der Waals surface area contributed by atoms with Gasteiger partial charge in [-0.2, -0.15) is 0 Å². The number of ketones is 1. The van der Waals surface area contributed by atoms with E-state index < -0.39 is 0 Å². The molecule has 0 bridgehead atoms. The lowest BCUT2D eigenvalue weighted by Gasteiger charge is -2.62. The molecule has 0 radical (unpaired) electrons. The van der Waals surface area contributed by atoms with Crippen LogP contribution in [0.1, 0.15) is 106 Å². The van der Waals surface area contributed by atoms with Crippen molar-refractivity contribution in [2.24, 2.45) is 52.3 Å². The summed E-state index contributed by atoms with van der Waals surface area (Å²) in [5.41, 5.74) is 0.700. The van der Waals surface area contributed by atoms with Gasteiger partial charge in [-0.1, -0.05) is 50.3 Å². The Labute approximate surface area is 222 Å². The minimum Gasteiger partial charge on any atom is -0.312 e. The fourth-order valence-corrected chi connectivity index (χ4v) is 10.8. The Morgan fingerprint density at radius 2 is 1.73 bits per heavy atom. The van der Waals surface area contributed by atoms with Crippen LogP contribution in [0.5, 0.6) is 0 Å². The highest BCUT2D eigenvalue weighted by Gasteiger charge is 2.65. The van der Waals surface area contributed by atoms with Crippen molar-refractivity contribution in [3.05, 3.63) is 0 Å². The van der Waals surface area contributed by atoms with Gasteiger partial charge in [0.1, 0.15) is 5.78 Å². The molecular weight excluding hydrogens is 539 g/mol. The summed E-state index contributed by atoms with van der Waals surface area (Å²) >= 11 is 4.19. The largest absolute Gasteiger partial charge is 0.312 e. The fourth-order valence-electron chi connectivity index (χ4n) is 9.27. The second kappa shape index (κ2) is 9.88. The summed E-state index contributed by atoms with van der Waals surface area (Å²) in [5.74, 6) is 4.58. The topological polar surface area (TPSA) is 26.3 Å². The van der Waals surface area contributed by atoms with E-state index >= 15 is 0 Å². The summed E-state index contributed by atoms with van der Waals surface area (Å²) in [5, 5.41) is 0. The second-order valence-corrected chi connectivity index (χ2v) is 16.3. The van der Waals surface area contributed by atoms with E-state index in [1.807, 2.05) is 0 Å². The number of halogens is 1. The fraction of sp³-hybridized carbons (Fsp3) is 0.966. The van der Waals surface area contributed by atoms with Crippen molar-refractivity contribution in [1.82, 2.24) is 0 Å². The highest BCUT2D eigenvalue weighted by atomic mass is 127. The van der Waals surface area contributed by atoms with Gasteiger partial charge in [-0.15, -0.1) is 0 Å². The molecule has 0 aromatic heterocycles. The lowest BCUT2D eigenvalue weighted by molar-refractivity contribution is -0.172. The maximum absolute atomic E-state index is 14.3. The molecule has 4 fully saturated rings. The lowest BCUT2D eigenvalue weighted by atomic mass is 9.42. The second-order valence-electron chi connectivity index (χ2n) is 13.6. The van der Waals surface area contributed by atoms with E-state index in [2.05, 4.69) is 71.1 Å². The third-order valence-corrected chi connectivity index (χ3v) is 12.4. The number of Topliss-reactive ketones (excluding diaryl/α,β-unsaturated/α-hetero) is 1. The number of carbonyl (C=O) groups excluding carboxylic acids is 1. The molecule has 4 saturated carbocycles. The van der Waals surface area contributed by atoms with Gasteiger partial charge in [-0.3, -0.25) is 4.79 Å². The standard InChI is InChI=1S/C29H49IO2S/c1-8-20-24-17-19(32-33-27(3,4)5)11-14-29(24,7)23-12-15-28(6)21(18(2)13-16-30)9-10-22(28)25(23)26(20)31/h18-25H,8-17H2,1-7H3/t18-,19-,20-,21-,22?,23?,24+,25?,28-,29-/m1/s1. The van der Waals surface area contributed by atoms with Gasteiger partial charge in [-0.05, 0) is 135 Å². The molecule has 4 heteroatoms. The smallest absolute Gasteiger partial charge is 0.139 e. The van der Waals surface area contributed by atoms with Crippen LogP contribution in [0, 0.1) is 52.3 Å². The molecule has 4 rings (SSSR count). The number of hydrogen-bond donors (Lipinski definition) is 0. The first-order chi connectivity index (χ1) is 15.5. The van der Waals surface area contributed by atoms with Crippen molar-refractivity contribution >= 4 is 40.4 Å². The van der Waals surface area contributed by atoms with E-state index in [1.165, 1.54) is 49.4 Å². The molecule has 0 aromatic rings. The van der Waals surface area contributed by atoms with E-state index in [0.717, 1.165) is 24.7 Å². The first kappa shape index (κ1) is 26.8. The Kier molecular flexibility index (Phi) is 8.01. The molecule has 0 N–H and O–H groups in total. The van der Waals surface area contributed by atoms with E-state index in [0.29, 0.717) is 46.4 Å². The number of carbonyl (C=O) groups is 1. The minimum atomic E-state index is 0.125. The van der Waals surface area contributed by atoms with Gasteiger partial charge < -0.3 is 4.18 Å². The van der Waals surface area contributed by atoms with Crippen LogP contribution >= 0.6 is 34.6 Å². The first-order valence-corrected chi connectivity index (χ1v) is 16.2. The summed E-state index contributed by atoms with van der Waals surface area (Å²) in [6, 6.07) is 0. The summed E-state index contributed by atoms with van der Waals surface area (Å²) < 4.78 is 7.74. The zero-order valence-electron chi connectivity index (χ0n) is 22.3. The van der Waals surface area contributed by atoms with Crippen LogP contribution in [0.2, 0.25) is 0 Å². The van der Waals surface area contributed by atoms with Crippen LogP contribution in [-0.2, 0) is 8.98 Å². The highest BCUT2D eigenvalue weighted by Crippen LogP contribution is 2.68. The highest BCUT2D eigenvalue weighted by molar-refractivity contribution is 14.1.